The number of benzene rings is 6. The fourth-order valence-corrected chi connectivity index (χ4v) is 8.73. The fraction of sp³-hybridized carbons (Fsp3) is 0.0513. The van der Waals surface area contributed by atoms with E-state index in [0.29, 0.717) is 5.90 Å². The van der Waals surface area contributed by atoms with Gasteiger partial charge in [-0.25, -0.2) is 4.99 Å². The number of aryl methyl sites for hydroxylation is 1. The molecule has 0 aliphatic carbocycles. The molecule has 0 aliphatic rings. The fourth-order valence-electron chi connectivity index (χ4n) is 5.31. The van der Waals surface area contributed by atoms with E-state index in [1.54, 1.807) is 0 Å². The van der Waals surface area contributed by atoms with Crippen molar-refractivity contribution in [2.75, 3.05) is 0 Å². The van der Waals surface area contributed by atoms with E-state index in [0.717, 1.165) is 32.7 Å². The summed E-state index contributed by atoms with van der Waals surface area (Å²) in [5, 5.41) is 3.41. The van der Waals surface area contributed by atoms with Crippen molar-refractivity contribution >= 4 is 35.0 Å². The van der Waals surface area contributed by atoms with Crippen LogP contribution >= 0.6 is 7.49 Å². The average Bonchev–Trinajstić information content (AvgIpc) is 3.07. The van der Waals surface area contributed by atoms with Crippen molar-refractivity contribution < 1.29 is 4.52 Å². The van der Waals surface area contributed by atoms with Crippen LogP contribution in [0, 0.1) is 6.92 Å². The lowest BCUT2D eigenvalue weighted by Gasteiger charge is -2.29. The van der Waals surface area contributed by atoms with Crippen LogP contribution in [0.1, 0.15) is 22.6 Å². The molecule has 0 saturated heterocycles. The Morgan fingerprint density at radius 2 is 0.833 bits per heavy atom. The van der Waals surface area contributed by atoms with Gasteiger partial charge in [-0.05, 0) is 66.6 Å². The molecule has 0 unspecified atom stereocenters. The minimum absolute atomic E-state index is 0.218. The first-order valence-electron chi connectivity index (χ1n) is 14.2. The standard InChI is InChI=1S/C39H33NOP/c1-31-27-29-34(30-28-31)40-39(38(32-17-7-2-8-18-32)33-19-9-3-10-20-33)41-42(35-21-11-4-12-22-35,36-23-13-5-14-24-36)37-25-15-6-16-26-37/h2-30,38H,1H3/q+1. The molecule has 6 rings (SSSR count). The first-order valence-corrected chi connectivity index (χ1v) is 16.0. The molecule has 6 aromatic rings. The lowest BCUT2D eigenvalue weighted by molar-refractivity contribution is 0.587. The summed E-state index contributed by atoms with van der Waals surface area (Å²) in [4.78, 5) is 5.34. The first kappa shape index (κ1) is 27.4. The first-order chi connectivity index (χ1) is 20.7. The summed E-state index contributed by atoms with van der Waals surface area (Å²) >= 11 is 0. The zero-order valence-electron chi connectivity index (χ0n) is 23.6. The van der Waals surface area contributed by atoms with Gasteiger partial charge >= 0.3 is 0 Å². The third-order valence-electron chi connectivity index (χ3n) is 7.38. The summed E-state index contributed by atoms with van der Waals surface area (Å²) in [7, 11) is -2.68. The molecule has 0 N–H and O–H groups in total. The number of aliphatic imine (C=N–C) groups is 1. The van der Waals surface area contributed by atoms with Gasteiger partial charge in [0, 0.05) is 0 Å². The maximum atomic E-state index is 7.66. The van der Waals surface area contributed by atoms with Crippen LogP contribution < -0.4 is 15.9 Å². The Kier molecular flexibility index (Phi) is 8.36. The zero-order valence-corrected chi connectivity index (χ0v) is 24.5. The molecule has 42 heavy (non-hydrogen) atoms. The molecule has 0 saturated carbocycles. The quantitative estimate of drug-likeness (QED) is 0.103. The average molecular weight is 563 g/mol. The Labute approximate surface area is 249 Å². The van der Waals surface area contributed by atoms with E-state index in [9.17, 15) is 0 Å². The minimum Gasteiger partial charge on any atom is -0.318 e. The van der Waals surface area contributed by atoms with Gasteiger partial charge in [0.05, 0.1) is 11.6 Å². The van der Waals surface area contributed by atoms with E-state index in [4.69, 9.17) is 9.52 Å². The van der Waals surface area contributed by atoms with Crippen molar-refractivity contribution in [2.45, 2.75) is 12.8 Å². The lowest BCUT2D eigenvalue weighted by Crippen LogP contribution is -2.35. The topological polar surface area (TPSA) is 21.6 Å². The van der Waals surface area contributed by atoms with E-state index >= 15 is 0 Å². The number of nitrogens with zero attached hydrogens (tertiary/aromatic N) is 1. The SMILES string of the molecule is Cc1ccc(N=C(O[P+](c2ccccc2)(c2ccccc2)c2ccccc2)C(c2ccccc2)c2ccccc2)cc1. The van der Waals surface area contributed by atoms with Gasteiger partial charge < -0.3 is 4.52 Å². The molecular weight excluding hydrogens is 529 g/mol. The minimum atomic E-state index is -2.68. The monoisotopic (exact) mass is 562 g/mol. The third-order valence-corrected chi connectivity index (χ3v) is 10.9. The van der Waals surface area contributed by atoms with Gasteiger partial charge in [-0.1, -0.05) is 133 Å². The molecule has 0 spiro atoms. The smallest absolute Gasteiger partial charge is 0.289 e. The van der Waals surface area contributed by atoms with E-state index < -0.39 is 7.49 Å². The number of hydrogen-bond donors (Lipinski definition) is 0. The summed E-state index contributed by atoms with van der Waals surface area (Å²) in [5.74, 6) is 0.449. The molecule has 2 nitrogen and oxygen atoms in total. The molecule has 0 bridgehead atoms. The van der Waals surface area contributed by atoms with Crippen LogP contribution in [-0.4, -0.2) is 5.90 Å². The van der Waals surface area contributed by atoms with E-state index in [1.165, 1.54) is 5.56 Å². The normalized spacial score (nSPS) is 11.8. The zero-order chi connectivity index (χ0) is 28.6. The maximum absolute atomic E-state index is 7.66. The van der Waals surface area contributed by atoms with Crippen LogP contribution in [0.25, 0.3) is 0 Å². The summed E-state index contributed by atoms with van der Waals surface area (Å²) in [6.07, 6.45) is 0. The Balaban J connectivity index is 1.66. The van der Waals surface area contributed by atoms with Gasteiger partial charge in [0.15, 0.2) is 0 Å². The second-order valence-corrected chi connectivity index (χ2v) is 13.2. The Morgan fingerprint density at radius 3 is 1.21 bits per heavy atom. The highest BCUT2D eigenvalue weighted by Gasteiger charge is 2.51. The van der Waals surface area contributed by atoms with Crippen LogP contribution in [-0.2, 0) is 4.52 Å². The molecular formula is C39H33NOP+. The lowest BCUT2D eigenvalue weighted by atomic mass is 9.91. The predicted octanol–water partition coefficient (Wildman–Crippen LogP) is 8.78. The van der Waals surface area contributed by atoms with E-state index in [-0.39, 0.29) is 5.92 Å². The van der Waals surface area contributed by atoms with Crippen molar-refractivity contribution in [3.63, 3.8) is 0 Å². The van der Waals surface area contributed by atoms with Gasteiger partial charge in [-0.15, -0.1) is 0 Å². The summed E-state index contributed by atoms with van der Waals surface area (Å²) in [6.45, 7) is 2.10. The van der Waals surface area contributed by atoms with Gasteiger partial charge in [0.1, 0.15) is 15.9 Å². The molecule has 204 valence electrons. The van der Waals surface area contributed by atoms with E-state index in [1.807, 2.05) is 0 Å². The highest BCUT2D eigenvalue weighted by molar-refractivity contribution is 7.92. The predicted molar refractivity (Wildman–Crippen MR) is 179 cm³/mol. The van der Waals surface area contributed by atoms with E-state index in [2.05, 4.69) is 183 Å². The molecule has 0 aromatic heterocycles. The maximum Gasteiger partial charge on any atom is 0.289 e. The van der Waals surface area contributed by atoms with Crippen LogP contribution in [0.3, 0.4) is 0 Å². The van der Waals surface area contributed by atoms with Crippen LogP contribution in [0.4, 0.5) is 5.69 Å². The molecule has 0 aliphatic heterocycles. The molecule has 0 radical (unpaired) electrons. The molecule has 6 aromatic carbocycles. The van der Waals surface area contributed by atoms with Crippen LogP contribution in [0.2, 0.25) is 0 Å². The van der Waals surface area contributed by atoms with Crippen molar-refractivity contribution in [2.24, 2.45) is 4.99 Å². The molecule has 0 atom stereocenters. The Bertz CT molecular complexity index is 1580. The Morgan fingerprint density at radius 1 is 0.476 bits per heavy atom. The summed E-state index contributed by atoms with van der Waals surface area (Å²) in [6, 6.07) is 61.4. The Hall–Kier alpha value is -4.78. The van der Waals surface area contributed by atoms with Crippen molar-refractivity contribution in [3.05, 3.63) is 193 Å². The summed E-state index contributed by atoms with van der Waals surface area (Å²) < 4.78 is 7.66. The second kappa shape index (κ2) is 12.8. The van der Waals surface area contributed by atoms with Crippen LogP contribution in [0.5, 0.6) is 0 Å². The third kappa shape index (κ3) is 5.81. The highest BCUT2D eigenvalue weighted by atomic mass is 31.2. The van der Waals surface area contributed by atoms with Gasteiger partial charge in [-0.3, -0.25) is 0 Å². The van der Waals surface area contributed by atoms with Crippen molar-refractivity contribution in [1.29, 1.82) is 0 Å². The molecule has 0 fully saturated rings. The number of rotatable bonds is 8. The molecule has 0 heterocycles. The van der Waals surface area contributed by atoms with Gasteiger partial charge in [-0.2, -0.15) is 0 Å². The number of hydrogen-bond acceptors (Lipinski definition) is 2. The second-order valence-electron chi connectivity index (χ2n) is 10.2. The molecule has 3 heteroatoms. The van der Waals surface area contributed by atoms with Crippen LogP contribution in [0.15, 0.2) is 181 Å². The highest BCUT2D eigenvalue weighted by Crippen LogP contribution is 2.58. The largest absolute Gasteiger partial charge is 0.318 e. The van der Waals surface area contributed by atoms with Crippen molar-refractivity contribution in [3.8, 4) is 0 Å². The van der Waals surface area contributed by atoms with Gasteiger partial charge in [0.2, 0.25) is 0 Å². The van der Waals surface area contributed by atoms with Crippen molar-refractivity contribution in [1.82, 2.24) is 0 Å². The summed E-state index contributed by atoms with van der Waals surface area (Å²) in [5.41, 5.74) is 4.31. The van der Waals surface area contributed by atoms with Gasteiger partial charge in [0.25, 0.3) is 13.4 Å². The molecule has 0 amide bonds.